The summed E-state index contributed by atoms with van der Waals surface area (Å²) in [5.41, 5.74) is 5.99. The number of aromatic nitrogens is 3. The second-order valence-corrected chi connectivity index (χ2v) is 9.07. The van der Waals surface area contributed by atoms with Crippen LogP contribution in [0.3, 0.4) is 0 Å². The number of hydrogen-bond acceptors (Lipinski definition) is 6. The lowest BCUT2D eigenvalue weighted by Crippen LogP contribution is -2.31. The lowest BCUT2D eigenvalue weighted by molar-refractivity contribution is 0.0733. The van der Waals surface area contributed by atoms with Crippen LogP contribution >= 0.6 is 0 Å². The Bertz CT molecular complexity index is 1170. The number of pyridine rings is 1. The number of anilines is 3. The molecule has 170 valence electrons. The number of aryl methyl sites for hydroxylation is 3. The van der Waals surface area contributed by atoms with Crippen molar-refractivity contribution in [2.75, 3.05) is 30.4 Å². The Hall–Kier alpha value is -3.48. The first-order valence-corrected chi connectivity index (χ1v) is 11.7. The van der Waals surface area contributed by atoms with E-state index < -0.39 is 0 Å². The van der Waals surface area contributed by atoms with E-state index in [1.165, 1.54) is 11.3 Å². The average Bonchev–Trinajstić information content (AvgIpc) is 3.28. The summed E-state index contributed by atoms with van der Waals surface area (Å²) in [6.07, 6.45) is 4.04. The molecule has 1 atom stereocenters. The molecule has 1 aromatic carbocycles. The van der Waals surface area contributed by atoms with Gasteiger partial charge in [0.25, 0.3) is 5.91 Å². The van der Waals surface area contributed by atoms with E-state index in [0.29, 0.717) is 11.8 Å². The molecule has 0 radical (unpaired) electrons. The van der Waals surface area contributed by atoms with Gasteiger partial charge in [0, 0.05) is 42.8 Å². The molecule has 3 aromatic rings. The van der Waals surface area contributed by atoms with Crippen LogP contribution in [0, 0.1) is 13.8 Å². The molecule has 33 heavy (non-hydrogen) atoms. The molecule has 1 unspecified atom stereocenters. The summed E-state index contributed by atoms with van der Waals surface area (Å²) in [6.45, 7) is 5.71. The standard InChI is InChI=1S/C26H30N6O/c1-17-15-18(2)28-26(27-17)30-24-10-4-8-21(29-24)23-9-6-14-32(23)25(33)20-11-12-22-19(16-20)7-5-13-31(22)3/h4,8,10-12,15-16,23H,5-7,9,13-14H2,1-3H3,(H,27,28,29,30). The van der Waals surface area contributed by atoms with E-state index in [9.17, 15) is 4.79 Å². The number of benzene rings is 1. The van der Waals surface area contributed by atoms with Gasteiger partial charge in [-0.2, -0.15) is 0 Å². The van der Waals surface area contributed by atoms with Gasteiger partial charge in [0.1, 0.15) is 5.82 Å². The first-order chi connectivity index (χ1) is 16.0. The van der Waals surface area contributed by atoms with Crippen LogP contribution < -0.4 is 10.2 Å². The minimum atomic E-state index is -0.0295. The molecule has 2 aliphatic heterocycles. The van der Waals surface area contributed by atoms with Gasteiger partial charge in [0.2, 0.25) is 5.95 Å². The highest BCUT2D eigenvalue weighted by molar-refractivity contribution is 5.95. The van der Waals surface area contributed by atoms with E-state index in [4.69, 9.17) is 4.98 Å². The first kappa shape index (κ1) is 21.4. The summed E-state index contributed by atoms with van der Waals surface area (Å²) >= 11 is 0. The minimum Gasteiger partial charge on any atom is -0.374 e. The Balaban J connectivity index is 1.37. The van der Waals surface area contributed by atoms with Crippen LogP contribution in [-0.4, -0.2) is 45.9 Å². The molecule has 0 aliphatic carbocycles. The topological polar surface area (TPSA) is 74.2 Å². The number of rotatable bonds is 4. The number of hydrogen-bond donors (Lipinski definition) is 1. The van der Waals surface area contributed by atoms with Crippen molar-refractivity contribution in [3.63, 3.8) is 0 Å². The van der Waals surface area contributed by atoms with Crippen LogP contribution in [-0.2, 0) is 6.42 Å². The molecule has 4 heterocycles. The number of carbonyl (C=O) groups is 1. The Morgan fingerprint density at radius 1 is 1.00 bits per heavy atom. The monoisotopic (exact) mass is 442 g/mol. The first-order valence-electron chi connectivity index (χ1n) is 11.7. The zero-order valence-corrected chi connectivity index (χ0v) is 19.5. The average molecular weight is 443 g/mol. The van der Waals surface area contributed by atoms with Crippen molar-refractivity contribution in [2.24, 2.45) is 0 Å². The Morgan fingerprint density at radius 2 is 1.82 bits per heavy atom. The number of likely N-dealkylation sites (tertiary alicyclic amines) is 1. The van der Waals surface area contributed by atoms with Crippen molar-refractivity contribution in [1.82, 2.24) is 19.9 Å². The van der Waals surface area contributed by atoms with Gasteiger partial charge >= 0.3 is 0 Å². The third-order valence-electron chi connectivity index (χ3n) is 6.53. The molecule has 1 N–H and O–H groups in total. The summed E-state index contributed by atoms with van der Waals surface area (Å²) in [5.74, 6) is 1.32. The molecule has 2 aliphatic rings. The van der Waals surface area contributed by atoms with E-state index in [1.54, 1.807) is 0 Å². The highest BCUT2D eigenvalue weighted by Crippen LogP contribution is 2.34. The number of fused-ring (bicyclic) bond motifs is 1. The van der Waals surface area contributed by atoms with Crippen LogP contribution in [0.15, 0.2) is 42.5 Å². The number of nitrogens with one attached hydrogen (secondary N) is 1. The van der Waals surface area contributed by atoms with Gasteiger partial charge in [0.05, 0.1) is 11.7 Å². The van der Waals surface area contributed by atoms with Crippen LogP contribution in [0.2, 0.25) is 0 Å². The molecule has 2 aromatic heterocycles. The van der Waals surface area contributed by atoms with Crippen molar-refractivity contribution >= 4 is 23.4 Å². The summed E-state index contributed by atoms with van der Waals surface area (Å²) < 4.78 is 0. The van der Waals surface area contributed by atoms with Crippen LogP contribution in [0.4, 0.5) is 17.5 Å². The SMILES string of the molecule is Cc1cc(C)nc(Nc2cccc(C3CCCN3C(=O)c3ccc4c(c3)CCCN4C)n2)n1. The van der Waals surface area contributed by atoms with Crippen molar-refractivity contribution in [2.45, 2.75) is 45.6 Å². The van der Waals surface area contributed by atoms with E-state index in [1.807, 2.05) is 49.1 Å². The molecule has 5 rings (SSSR count). The maximum atomic E-state index is 13.5. The quantitative estimate of drug-likeness (QED) is 0.637. The second kappa shape index (κ2) is 8.81. The maximum Gasteiger partial charge on any atom is 0.254 e. The number of amides is 1. The smallest absolute Gasteiger partial charge is 0.254 e. The fraction of sp³-hybridized carbons (Fsp3) is 0.385. The minimum absolute atomic E-state index is 0.0295. The zero-order valence-electron chi connectivity index (χ0n) is 19.5. The molecule has 0 saturated carbocycles. The zero-order chi connectivity index (χ0) is 22.9. The van der Waals surface area contributed by atoms with Gasteiger partial charge < -0.3 is 15.1 Å². The fourth-order valence-corrected chi connectivity index (χ4v) is 5.00. The van der Waals surface area contributed by atoms with Crippen LogP contribution in [0.5, 0.6) is 0 Å². The van der Waals surface area contributed by atoms with Crippen molar-refractivity contribution in [1.29, 1.82) is 0 Å². The Labute approximate surface area is 194 Å². The molecule has 1 fully saturated rings. The lowest BCUT2D eigenvalue weighted by atomic mass is 9.99. The molecule has 0 spiro atoms. The third kappa shape index (κ3) is 4.40. The van der Waals surface area contributed by atoms with Gasteiger partial charge in [0.15, 0.2) is 0 Å². The summed E-state index contributed by atoms with van der Waals surface area (Å²) in [6, 6.07) is 14.0. The fourth-order valence-electron chi connectivity index (χ4n) is 5.00. The molecular weight excluding hydrogens is 412 g/mol. The van der Waals surface area contributed by atoms with Gasteiger partial charge in [-0.15, -0.1) is 0 Å². The van der Waals surface area contributed by atoms with Gasteiger partial charge in [-0.25, -0.2) is 15.0 Å². The van der Waals surface area contributed by atoms with Gasteiger partial charge in [-0.05, 0) is 81.5 Å². The van der Waals surface area contributed by atoms with E-state index in [0.717, 1.165) is 61.4 Å². The van der Waals surface area contributed by atoms with Gasteiger partial charge in [-0.1, -0.05) is 6.07 Å². The maximum absolute atomic E-state index is 13.5. The predicted molar refractivity (Wildman–Crippen MR) is 130 cm³/mol. The Kier molecular flexibility index (Phi) is 5.70. The van der Waals surface area contributed by atoms with E-state index in [-0.39, 0.29) is 11.9 Å². The van der Waals surface area contributed by atoms with Crippen LogP contribution in [0.1, 0.15) is 58.3 Å². The third-order valence-corrected chi connectivity index (χ3v) is 6.53. The normalized spacial score (nSPS) is 17.7. The molecule has 0 bridgehead atoms. The highest BCUT2D eigenvalue weighted by atomic mass is 16.2. The molecule has 1 amide bonds. The van der Waals surface area contributed by atoms with Gasteiger partial charge in [-0.3, -0.25) is 4.79 Å². The summed E-state index contributed by atoms with van der Waals surface area (Å²) in [7, 11) is 2.12. The number of carbonyl (C=O) groups excluding carboxylic acids is 1. The Morgan fingerprint density at radius 3 is 2.64 bits per heavy atom. The molecule has 7 heteroatoms. The largest absolute Gasteiger partial charge is 0.374 e. The summed E-state index contributed by atoms with van der Waals surface area (Å²) in [4.78, 5) is 31.5. The van der Waals surface area contributed by atoms with Crippen molar-refractivity contribution in [3.8, 4) is 0 Å². The van der Waals surface area contributed by atoms with E-state index in [2.05, 4.69) is 39.4 Å². The highest BCUT2D eigenvalue weighted by Gasteiger charge is 2.32. The summed E-state index contributed by atoms with van der Waals surface area (Å²) in [5, 5.41) is 3.22. The predicted octanol–water partition coefficient (Wildman–Crippen LogP) is 4.59. The van der Waals surface area contributed by atoms with Crippen molar-refractivity contribution < 1.29 is 4.79 Å². The molecule has 1 saturated heterocycles. The lowest BCUT2D eigenvalue weighted by Gasteiger charge is -2.29. The molecular formula is C26H30N6O. The number of nitrogens with zero attached hydrogens (tertiary/aromatic N) is 5. The van der Waals surface area contributed by atoms with E-state index >= 15 is 0 Å². The van der Waals surface area contributed by atoms with Crippen LogP contribution in [0.25, 0.3) is 0 Å². The molecule has 7 nitrogen and oxygen atoms in total. The van der Waals surface area contributed by atoms with Crippen molar-refractivity contribution in [3.05, 3.63) is 70.7 Å². The second-order valence-electron chi connectivity index (χ2n) is 9.07.